The lowest BCUT2D eigenvalue weighted by Gasteiger charge is -1.83. The molecule has 42 valence electrons. The molecule has 0 bridgehead atoms. The van der Waals surface area contributed by atoms with Gasteiger partial charge in [-0.3, -0.25) is 0 Å². The first-order valence-corrected chi connectivity index (χ1v) is 2.60. The summed E-state index contributed by atoms with van der Waals surface area (Å²) in [5.41, 5.74) is 6.47. The predicted octanol–water partition coefficient (Wildman–Crippen LogP) is 2.45. The number of hydrogen-bond acceptors (Lipinski definition) is 0. The van der Waals surface area contributed by atoms with Gasteiger partial charge in [0, 0.05) is 5.57 Å². The van der Waals surface area contributed by atoms with Crippen molar-refractivity contribution >= 4 is 0 Å². The van der Waals surface area contributed by atoms with Crippen LogP contribution in [0.5, 0.6) is 0 Å². The van der Waals surface area contributed by atoms with Crippen LogP contribution in [0.2, 0.25) is 0 Å². The molecule has 0 fully saturated rings. The highest BCUT2D eigenvalue weighted by molar-refractivity contribution is 5.14. The van der Waals surface area contributed by atoms with Crippen LogP contribution in [0.3, 0.4) is 0 Å². The molecule has 0 radical (unpaired) electrons. The third-order valence-electron chi connectivity index (χ3n) is 0.884. The van der Waals surface area contributed by atoms with Gasteiger partial charge in [-0.05, 0) is 12.5 Å². The summed E-state index contributed by atoms with van der Waals surface area (Å²) in [6.07, 6.45) is 2.74. The molecule has 0 rings (SSSR count). The van der Waals surface area contributed by atoms with Crippen molar-refractivity contribution in [2.45, 2.75) is 13.3 Å². The lowest BCUT2D eigenvalue weighted by atomic mass is 10.2. The zero-order chi connectivity index (χ0) is 6.41. The number of allylic oxidation sites excluding steroid dienone is 2. The Morgan fingerprint density at radius 3 is 2.38 bits per heavy atom. The van der Waals surface area contributed by atoms with Gasteiger partial charge in [-0.25, -0.2) is 0 Å². The fourth-order valence-corrected chi connectivity index (χ4v) is 0.401. The van der Waals surface area contributed by atoms with Crippen molar-refractivity contribution < 1.29 is 0 Å². The molecule has 0 spiro atoms. The van der Waals surface area contributed by atoms with Crippen LogP contribution < -0.4 is 0 Å². The Morgan fingerprint density at radius 1 is 1.62 bits per heavy atom. The lowest BCUT2D eigenvalue weighted by molar-refractivity contribution is 1.16. The third kappa shape index (κ3) is 2.25. The highest BCUT2D eigenvalue weighted by atomic mass is 13.8. The standard InChI is InChI=1S/C8H10/c1-4-7-8(5-2)6-3/h7H,1-2,6H2,3H3. The molecular formula is C8H10. The molecule has 0 aliphatic carbocycles. The van der Waals surface area contributed by atoms with Gasteiger partial charge >= 0.3 is 0 Å². The van der Waals surface area contributed by atoms with Crippen LogP contribution in [-0.4, -0.2) is 0 Å². The topological polar surface area (TPSA) is 0 Å². The molecule has 0 N–H and O–H groups in total. The molecule has 0 amide bonds. The van der Waals surface area contributed by atoms with Crippen molar-refractivity contribution in [1.29, 1.82) is 0 Å². The van der Waals surface area contributed by atoms with Gasteiger partial charge in [-0.15, -0.1) is 11.5 Å². The monoisotopic (exact) mass is 106 g/mol. The normalized spacial score (nSPS) is 6.62. The van der Waals surface area contributed by atoms with E-state index in [-0.39, 0.29) is 0 Å². The molecule has 0 aromatic heterocycles. The van der Waals surface area contributed by atoms with Gasteiger partial charge in [0.15, 0.2) is 0 Å². The molecule has 0 heterocycles. The smallest absolute Gasteiger partial charge is 0.000747 e. The zero-order valence-electron chi connectivity index (χ0n) is 5.20. The maximum atomic E-state index is 3.49. The van der Waals surface area contributed by atoms with Gasteiger partial charge in [0.2, 0.25) is 0 Å². The van der Waals surface area contributed by atoms with E-state index in [9.17, 15) is 0 Å². The van der Waals surface area contributed by atoms with Gasteiger partial charge < -0.3 is 0 Å². The van der Waals surface area contributed by atoms with Crippen LogP contribution >= 0.6 is 0 Å². The van der Waals surface area contributed by atoms with E-state index in [2.05, 4.69) is 24.6 Å². The van der Waals surface area contributed by atoms with Crippen molar-refractivity contribution in [3.63, 3.8) is 0 Å². The van der Waals surface area contributed by atoms with Crippen LogP contribution in [0.25, 0.3) is 0 Å². The summed E-state index contributed by atoms with van der Waals surface area (Å²) in [6.45, 7) is 8.96. The summed E-state index contributed by atoms with van der Waals surface area (Å²) in [7, 11) is 0. The summed E-state index contributed by atoms with van der Waals surface area (Å²) in [5.74, 6) is 0. The molecule has 0 aromatic carbocycles. The first-order valence-electron chi connectivity index (χ1n) is 2.60. The molecule has 0 aromatic rings. The van der Waals surface area contributed by atoms with Crippen molar-refractivity contribution in [3.8, 4) is 0 Å². The van der Waals surface area contributed by atoms with Crippen LogP contribution in [-0.2, 0) is 0 Å². The van der Waals surface area contributed by atoms with Gasteiger partial charge in [0.05, 0.1) is 0 Å². The summed E-state index contributed by atoms with van der Waals surface area (Å²) >= 11 is 0. The summed E-state index contributed by atoms with van der Waals surface area (Å²) in [6, 6.07) is 0. The highest BCUT2D eigenvalue weighted by Crippen LogP contribution is 1.96. The Bertz CT molecular complexity index is 151. The van der Waals surface area contributed by atoms with Gasteiger partial charge in [0.25, 0.3) is 0 Å². The third-order valence-corrected chi connectivity index (χ3v) is 0.884. The predicted molar refractivity (Wildman–Crippen MR) is 36.7 cm³/mol. The molecule has 0 aliphatic heterocycles. The van der Waals surface area contributed by atoms with E-state index in [0.717, 1.165) is 12.0 Å². The maximum Gasteiger partial charge on any atom is 0.000747 e. The molecule has 0 saturated carbocycles. The number of hydrogen-bond donors (Lipinski definition) is 0. The Hall–Kier alpha value is -0.960. The fraction of sp³-hybridized carbons (Fsp3) is 0.250. The van der Waals surface area contributed by atoms with E-state index in [1.807, 2.05) is 6.92 Å². The molecule has 0 nitrogen and oxygen atoms in total. The van der Waals surface area contributed by atoms with Crippen molar-refractivity contribution in [2.24, 2.45) is 0 Å². The molecule has 0 atom stereocenters. The van der Waals surface area contributed by atoms with Crippen LogP contribution in [0.15, 0.2) is 36.3 Å². The fourth-order valence-electron chi connectivity index (χ4n) is 0.401. The minimum atomic E-state index is 0.950. The molecule has 8 heavy (non-hydrogen) atoms. The summed E-state index contributed by atoms with van der Waals surface area (Å²) < 4.78 is 0. The number of rotatable bonds is 2. The molecule has 0 heteroatoms. The Morgan fingerprint density at radius 2 is 2.25 bits per heavy atom. The Balaban J connectivity index is 4.13. The minimum Gasteiger partial charge on any atom is -0.128 e. The van der Waals surface area contributed by atoms with Gasteiger partial charge in [-0.1, -0.05) is 20.1 Å². The second-order valence-corrected chi connectivity index (χ2v) is 1.40. The van der Waals surface area contributed by atoms with Crippen molar-refractivity contribution in [3.05, 3.63) is 36.3 Å². The largest absolute Gasteiger partial charge is 0.128 e. The van der Waals surface area contributed by atoms with Crippen LogP contribution in [0.4, 0.5) is 0 Å². The second-order valence-electron chi connectivity index (χ2n) is 1.40. The first kappa shape index (κ1) is 7.04. The van der Waals surface area contributed by atoms with E-state index >= 15 is 0 Å². The lowest BCUT2D eigenvalue weighted by Crippen LogP contribution is -1.65. The highest BCUT2D eigenvalue weighted by Gasteiger charge is 1.78. The quantitative estimate of drug-likeness (QED) is 0.374. The average molecular weight is 106 g/mol. The molecular weight excluding hydrogens is 96.1 g/mol. The van der Waals surface area contributed by atoms with Crippen molar-refractivity contribution in [1.82, 2.24) is 0 Å². The van der Waals surface area contributed by atoms with E-state index in [4.69, 9.17) is 0 Å². The molecule has 0 aliphatic rings. The van der Waals surface area contributed by atoms with Gasteiger partial charge in [-0.2, -0.15) is 0 Å². The van der Waals surface area contributed by atoms with Crippen molar-refractivity contribution in [2.75, 3.05) is 0 Å². The van der Waals surface area contributed by atoms with Crippen LogP contribution in [0, 0.1) is 0 Å². The molecule has 0 saturated heterocycles. The van der Waals surface area contributed by atoms with Gasteiger partial charge in [0.1, 0.15) is 0 Å². The average Bonchev–Trinajstić information content (AvgIpc) is 1.83. The van der Waals surface area contributed by atoms with Crippen LogP contribution in [0.1, 0.15) is 13.3 Å². The first-order chi connectivity index (χ1) is 3.85. The van der Waals surface area contributed by atoms with E-state index in [1.54, 1.807) is 6.08 Å². The summed E-state index contributed by atoms with van der Waals surface area (Å²) in [4.78, 5) is 0. The Kier molecular flexibility index (Phi) is 3.70. The van der Waals surface area contributed by atoms with E-state index in [1.165, 1.54) is 0 Å². The Labute approximate surface area is 50.5 Å². The van der Waals surface area contributed by atoms with E-state index < -0.39 is 0 Å². The van der Waals surface area contributed by atoms with E-state index in [0.29, 0.717) is 0 Å². The molecule has 0 unspecified atom stereocenters. The SMILES string of the molecule is C=C=CC(=C=C)CC. The maximum absolute atomic E-state index is 3.49. The minimum absolute atomic E-state index is 0.950. The zero-order valence-corrected chi connectivity index (χ0v) is 5.20. The summed E-state index contributed by atoms with van der Waals surface area (Å²) in [5, 5.41) is 0. The second kappa shape index (κ2) is 4.21.